The summed E-state index contributed by atoms with van der Waals surface area (Å²) < 4.78 is 5.35. The van der Waals surface area contributed by atoms with Gasteiger partial charge in [0.25, 0.3) is 5.91 Å². The molecule has 1 saturated carbocycles. The quantitative estimate of drug-likeness (QED) is 0.717. The zero-order chi connectivity index (χ0) is 20.7. The van der Waals surface area contributed by atoms with Crippen LogP contribution in [0.4, 0.5) is 5.00 Å². The van der Waals surface area contributed by atoms with Crippen LogP contribution in [0.1, 0.15) is 34.1 Å². The third-order valence-electron chi connectivity index (χ3n) is 6.36. The zero-order valence-corrected chi connectivity index (χ0v) is 17.5. The summed E-state index contributed by atoms with van der Waals surface area (Å²) in [5.41, 5.74) is 1.50. The Morgan fingerprint density at radius 2 is 1.86 bits per heavy atom. The normalized spacial score (nSPS) is 28.0. The Bertz CT molecular complexity index is 871. The van der Waals surface area contributed by atoms with Gasteiger partial charge in [-0.1, -0.05) is 19.1 Å². The van der Waals surface area contributed by atoms with Crippen LogP contribution in [0.25, 0.3) is 0 Å². The number of amides is 2. The molecular weight excluding hydrogens is 392 g/mol. The molecular formula is C21H26N2O5S. The summed E-state index contributed by atoms with van der Waals surface area (Å²) in [7, 11) is 0. The number of carbonyl (C=O) groups is 3. The number of morpholine rings is 1. The van der Waals surface area contributed by atoms with Gasteiger partial charge in [-0.25, -0.2) is 0 Å². The highest BCUT2D eigenvalue weighted by molar-refractivity contribution is 7.16. The molecule has 156 valence electrons. The van der Waals surface area contributed by atoms with E-state index in [0.717, 1.165) is 10.4 Å². The molecule has 1 aromatic rings. The van der Waals surface area contributed by atoms with Crippen molar-refractivity contribution >= 4 is 34.1 Å². The summed E-state index contributed by atoms with van der Waals surface area (Å²) >= 11 is 1.40. The van der Waals surface area contributed by atoms with E-state index in [9.17, 15) is 19.5 Å². The Morgan fingerprint density at radius 3 is 2.48 bits per heavy atom. The number of thiophene rings is 1. The molecule has 7 nitrogen and oxygen atoms in total. The van der Waals surface area contributed by atoms with E-state index in [1.165, 1.54) is 11.3 Å². The molecule has 1 saturated heterocycles. The Hall–Kier alpha value is -2.19. The summed E-state index contributed by atoms with van der Waals surface area (Å²) in [4.78, 5) is 40.9. The third kappa shape index (κ3) is 3.48. The fraction of sp³-hybridized carbons (Fsp3) is 0.571. The van der Waals surface area contributed by atoms with Crippen LogP contribution in [-0.2, 0) is 20.7 Å². The lowest BCUT2D eigenvalue weighted by Crippen LogP contribution is -2.41. The number of carboxylic acids is 1. The van der Waals surface area contributed by atoms with Gasteiger partial charge in [0, 0.05) is 18.0 Å². The number of hydrogen-bond donors (Lipinski definition) is 2. The first-order chi connectivity index (χ1) is 13.9. The number of carbonyl (C=O) groups excluding carboxylic acids is 2. The molecule has 4 rings (SSSR count). The number of anilines is 1. The van der Waals surface area contributed by atoms with E-state index in [2.05, 4.69) is 5.32 Å². The summed E-state index contributed by atoms with van der Waals surface area (Å²) in [5.74, 6) is -2.74. The van der Waals surface area contributed by atoms with E-state index >= 15 is 0 Å². The van der Waals surface area contributed by atoms with E-state index < -0.39 is 17.8 Å². The molecule has 0 aromatic carbocycles. The minimum Gasteiger partial charge on any atom is -0.481 e. The lowest BCUT2D eigenvalue weighted by molar-refractivity contribution is -0.146. The van der Waals surface area contributed by atoms with Crippen molar-refractivity contribution in [2.24, 2.45) is 23.7 Å². The van der Waals surface area contributed by atoms with E-state index in [1.807, 2.05) is 26.0 Å². The molecule has 2 fully saturated rings. The maximum Gasteiger partial charge on any atom is 0.307 e. The van der Waals surface area contributed by atoms with Crippen LogP contribution in [0.5, 0.6) is 0 Å². The predicted molar refractivity (Wildman–Crippen MR) is 109 cm³/mol. The highest BCUT2D eigenvalue weighted by Crippen LogP contribution is 2.49. The number of nitrogens with one attached hydrogen (secondary N) is 1. The molecule has 2 aliphatic carbocycles. The minimum absolute atomic E-state index is 0.0498. The third-order valence-corrected chi connectivity index (χ3v) is 7.42. The number of allylic oxidation sites excluding steroid dienone is 2. The van der Waals surface area contributed by atoms with Crippen molar-refractivity contribution in [3.8, 4) is 0 Å². The average molecular weight is 419 g/mol. The number of rotatable bonds is 5. The topological polar surface area (TPSA) is 95.9 Å². The summed E-state index contributed by atoms with van der Waals surface area (Å²) in [6.07, 6.45) is 5.28. The number of carboxylic acid groups (broad SMARTS) is 1. The van der Waals surface area contributed by atoms with Crippen LogP contribution in [0.2, 0.25) is 0 Å². The van der Waals surface area contributed by atoms with Crippen LogP contribution in [-0.4, -0.2) is 54.1 Å². The van der Waals surface area contributed by atoms with Crippen molar-refractivity contribution < 1.29 is 24.2 Å². The molecule has 29 heavy (non-hydrogen) atoms. The summed E-state index contributed by atoms with van der Waals surface area (Å²) in [6.45, 7) is 6.03. The predicted octanol–water partition coefficient (Wildman–Crippen LogP) is 2.55. The fourth-order valence-electron chi connectivity index (χ4n) is 4.95. The first kappa shape index (κ1) is 20.1. The molecule has 2 amide bonds. The van der Waals surface area contributed by atoms with Crippen molar-refractivity contribution in [1.82, 2.24) is 4.90 Å². The SMILES string of the molecule is CCc1c(C)sc(NC(=O)[C@H]2[C@H](C(=O)O)[C@H]3C=C[C@H]2C3)c1C(=O)N1CCOCC1. The van der Waals surface area contributed by atoms with Crippen LogP contribution in [0.15, 0.2) is 12.2 Å². The zero-order valence-electron chi connectivity index (χ0n) is 16.6. The Labute approximate surface area is 173 Å². The van der Waals surface area contributed by atoms with E-state index in [4.69, 9.17) is 4.74 Å². The lowest BCUT2D eigenvalue weighted by Gasteiger charge is -2.28. The monoisotopic (exact) mass is 418 g/mol. The van der Waals surface area contributed by atoms with Crippen molar-refractivity contribution in [1.29, 1.82) is 0 Å². The number of aryl methyl sites for hydroxylation is 1. The number of nitrogens with zero attached hydrogens (tertiary/aromatic N) is 1. The summed E-state index contributed by atoms with van der Waals surface area (Å²) in [5, 5.41) is 13.1. The molecule has 8 heteroatoms. The first-order valence-electron chi connectivity index (χ1n) is 10.1. The van der Waals surface area contributed by atoms with Gasteiger partial charge in [0.15, 0.2) is 0 Å². The number of ether oxygens (including phenoxy) is 1. The fourth-order valence-corrected chi connectivity index (χ4v) is 6.09. The molecule has 4 atom stereocenters. The standard InChI is InChI=1S/C21H26N2O5S/c1-3-14-11(2)29-19(17(14)20(25)23-6-8-28-9-7-23)22-18(24)15-12-4-5-13(10-12)16(15)21(26)27/h4-5,12-13,15-16H,3,6-10H2,1-2H3,(H,22,24)(H,26,27)/t12-,13-,15+,16+/m0/s1. The van der Waals surface area contributed by atoms with Crippen LogP contribution >= 0.6 is 11.3 Å². The van der Waals surface area contributed by atoms with Gasteiger partial charge in [0.1, 0.15) is 5.00 Å². The molecule has 3 aliphatic rings. The van der Waals surface area contributed by atoms with Crippen molar-refractivity contribution in [2.45, 2.75) is 26.7 Å². The largest absolute Gasteiger partial charge is 0.481 e. The summed E-state index contributed by atoms with van der Waals surface area (Å²) in [6, 6.07) is 0. The maximum absolute atomic E-state index is 13.2. The van der Waals surface area contributed by atoms with Crippen LogP contribution in [0.3, 0.4) is 0 Å². The minimum atomic E-state index is -0.928. The van der Waals surface area contributed by atoms with Gasteiger partial charge in [0.05, 0.1) is 30.6 Å². The van der Waals surface area contributed by atoms with Gasteiger partial charge in [-0.05, 0) is 37.2 Å². The van der Waals surface area contributed by atoms with Crippen molar-refractivity contribution in [3.63, 3.8) is 0 Å². The molecule has 2 bridgehead atoms. The second-order valence-electron chi connectivity index (χ2n) is 7.93. The van der Waals surface area contributed by atoms with E-state index in [0.29, 0.717) is 49.7 Å². The van der Waals surface area contributed by atoms with Crippen LogP contribution in [0, 0.1) is 30.6 Å². The van der Waals surface area contributed by atoms with Gasteiger partial charge in [-0.15, -0.1) is 11.3 Å². The van der Waals surface area contributed by atoms with Gasteiger partial charge < -0.3 is 20.1 Å². The van der Waals surface area contributed by atoms with E-state index in [-0.39, 0.29) is 23.7 Å². The van der Waals surface area contributed by atoms with Crippen LogP contribution < -0.4 is 5.32 Å². The first-order valence-corrected chi connectivity index (χ1v) is 10.9. The Balaban J connectivity index is 1.62. The lowest BCUT2D eigenvalue weighted by atomic mass is 9.82. The van der Waals surface area contributed by atoms with Gasteiger partial charge >= 0.3 is 5.97 Å². The second-order valence-corrected chi connectivity index (χ2v) is 9.15. The highest BCUT2D eigenvalue weighted by atomic mass is 32.1. The number of aliphatic carboxylic acids is 1. The van der Waals surface area contributed by atoms with Crippen molar-refractivity contribution in [3.05, 3.63) is 28.2 Å². The van der Waals surface area contributed by atoms with E-state index in [1.54, 1.807) is 4.90 Å². The highest BCUT2D eigenvalue weighted by Gasteiger charge is 2.51. The average Bonchev–Trinajstić information content (AvgIpc) is 3.40. The number of fused-ring (bicyclic) bond motifs is 2. The molecule has 2 heterocycles. The second kappa shape index (κ2) is 7.91. The molecule has 0 spiro atoms. The van der Waals surface area contributed by atoms with Gasteiger partial charge in [-0.2, -0.15) is 0 Å². The Kier molecular flexibility index (Phi) is 5.48. The smallest absolute Gasteiger partial charge is 0.307 e. The molecule has 0 unspecified atom stereocenters. The van der Waals surface area contributed by atoms with Gasteiger partial charge in [-0.3, -0.25) is 14.4 Å². The molecule has 1 aliphatic heterocycles. The van der Waals surface area contributed by atoms with Gasteiger partial charge in [0.2, 0.25) is 5.91 Å². The Morgan fingerprint density at radius 1 is 1.21 bits per heavy atom. The molecule has 0 radical (unpaired) electrons. The van der Waals surface area contributed by atoms with Crippen molar-refractivity contribution in [2.75, 3.05) is 31.6 Å². The number of hydrogen-bond acceptors (Lipinski definition) is 5. The molecule has 2 N–H and O–H groups in total. The maximum atomic E-state index is 13.2. The molecule has 1 aromatic heterocycles.